The predicted octanol–water partition coefficient (Wildman–Crippen LogP) is 2.48. The van der Waals surface area contributed by atoms with Gasteiger partial charge in [-0.2, -0.15) is 11.8 Å². The zero-order valence-corrected chi connectivity index (χ0v) is 12.6. The van der Waals surface area contributed by atoms with Crippen molar-refractivity contribution in [1.29, 1.82) is 0 Å². The van der Waals surface area contributed by atoms with Crippen LogP contribution in [0, 0.1) is 0 Å². The van der Waals surface area contributed by atoms with E-state index in [1.807, 2.05) is 23.6 Å². The van der Waals surface area contributed by atoms with Crippen LogP contribution in [-0.2, 0) is 0 Å². The molecule has 1 N–H and O–H groups in total. The number of nitrogens with zero attached hydrogens (tertiary/aromatic N) is 2. The maximum absolute atomic E-state index is 12.6. The molecule has 1 aromatic rings. The topological polar surface area (TPSA) is 45.2 Å². The van der Waals surface area contributed by atoms with Gasteiger partial charge in [0.2, 0.25) is 0 Å². The molecule has 104 valence electrons. The fourth-order valence-corrected chi connectivity index (χ4v) is 3.38. The van der Waals surface area contributed by atoms with Crippen molar-refractivity contribution in [3.05, 3.63) is 24.0 Å². The van der Waals surface area contributed by atoms with Crippen molar-refractivity contribution in [3.63, 3.8) is 0 Å². The van der Waals surface area contributed by atoms with Gasteiger partial charge in [0, 0.05) is 36.3 Å². The van der Waals surface area contributed by atoms with Crippen LogP contribution < -0.4 is 5.32 Å². The van der Waals surface area contributed by atoms with E-state index < -0.39 is 0 Å². The monoisotopic (exact) mass is 279 g/mol. The molecular formula is C14H21N3OS. The smallest absolute Gasteiger partial charge is 0.256 e. The Morgan fingerprint density at radius 2 is 2.37 bits per heavy atom. The summed E-state index contributed by atoms with van der Waals surface area (Å²) in [7, 11) is 0. The lowest BCUT2D eigenvalue weighted by atomic mass is 10.1. The summed E-state index contributed by atoms with van der Waals surface area (Å²) in [5, 5.41) is 3.20. The molecule has 0 aromatic carbocycles. The van der Waals surface area contributed by atoms with Gasteiger partial charge in [-0.05, 0) is 26.8 Å². The summed E-state index contributed by atoms with van der Waals surface area (Å²) in [5.41, 5.74) is 1.55. The fourth-order valence-electron chi connectivity index (χ4n) is 2.27. The van der Waals surface area contributed by atoms with Gasteiger partial charge in [0.15, 0.2) is 0 Å². The van der Waals surface area contributed by atoms with Crippen LogP contribution >= 0.6 is 11.8 Å². The molecule has 1 aromatic heterocycles. The molecule has 0 saturated carbocycles. The summed E-state index contributed by atoms with van der Waals surface area (Å²) >= 11 is 1.93. The Balaban J connectivity index is 2.19. The third-order valence-corrected chi connectivity index (χ3v) is 4.43. The molecule has 2 heterocycles. The number of pyridine rings is 1. The third kappa shape index (κ3) is 3.41. The number of carbonyl (C=O) groups excluding carboxylic acids is 1. The number of nitrogens with one attached hydrogen (secondary N) is 1. The van der Waals surface area contributed by atoms with Crippen molar-refractivity contribution in [3.8, 4) is 0 Å². The highest BCUT2D eigenvalue weighted by molar-refractivity contribution is 8.00. The largest absolute Gasteiger partial charge is 0.383 e. The lowest BCUT2D eigenvalue weighted by Crippen LogP contribution is -2.46. The first-order valence-electron chi connectivity index (χ1n) is 6.64. The van der Waals surface area contributed by atoms with Crippen LogP contribution in [0.5, 0.6) is 0 Å². The summed E-state index contributed by atoms with van der Waals surface area (Å²) < 4.78 is 0.138. The number of hydrogen-bond acceptors (Lipinski definition) is 4. The lowest BCUT2D eigenvalue weighted by Gasteiger charge is -2.37. The van der Waals surface area contributed by atoms with Crippen LogP contribution in [0.4, 0.5) is 5.69 Å². The molecule has 2 rings (SSSR count). The van der Waals surface area contributed by atoms with Gasteiger partial charge in [-0.15, -0.1) is 0 Å². The Labute approximate surface area is 119 Å². The third-order valence-electron chi connectivity index (χ3n) is 3.13. The Hall–Kier alpha value is -1.23. The predicted molar refractivity (Wildman–Crippen MR) is 80.8 cm³/mol. The summed E-state index contributed by atoms with van der Waals surface area (Å²) in [5.74, 6) is 1.10. The lowest BCUT2D eigenvalue weighted by molar-refractivity contribution is 0.0749. The highest BCUT2D eigenvalue weighted by Crippen LogP contribution is 2.30. The number of hydrogen-bond donors (Lipinski definition) is 1. The molecule has 5 heteroatoms. The van der Waals surface area contributed by atoms with E-state index >= 15 is 0 Å². The molecule has 19 heavy (non-hydrogen) atoms. The Kier molecular flexibility index (Phi) is 4.34. The molecule has 1 fully saturated rings. The van der Waals surface area contributed by atoms with Gasteiger partial charge in [-0.25, -0.2) is 0 Å². The molecule has 0 radical (unpaired) electrons. The van der Waals surface area contributed by atoms with Crippen LogP contribution in [0.2, 0.25) is 0 Å². The van der Waals surface area contributed by atoms with E-state index in [0.29, 0.717) is 0 Å². The maximum Gasteiger partial charge on any atom is 0.256 e. The molecule has 1 saturated heterocycles. The van der Waals surface area contributed by atoms with Crippen LogP contribution in [0.15, 0.2) is 18.5 Å². The second-order valence-corrected chi connectivity index (χ2v) is 7.09. The maximum atomic E-state index is 12.6. The average Bonchev–Trinajstić information content (AvgIpc) is 2.38. The van der Waals surface area contributed by atoms with Crippen molar-refractivity contribution >= 4 is 23.4 Å². The van der Waals surface area contributed by atoms with E-state index in [2.05, 4.69) is 24.1 Å². The number of thioether (sulfide) groups is 1. The second kappa shape index (κ2) is 5.82. The van der Waals surface area contributed by atoms with E-state index in [1.165, 1.54) is 0 Å². The van der Waals surface area contributed by atoms with Gasteiger partial charge in [0.1, 0.15) is 0 Å². The summed E-state index contributed by atoms with van der Waals surface area (Å²) in [6.45, 7) is 8.80. The fraction of sp³-hybridized carbons (Fsp3) is 0.571. The van der Waals surface area contributed by atoms with Crippen molar-refractivity contribution in [2.75, 3.05) is 30.7 Å². The minimum atomic E-state index is 0.103. The van der Waals surface area contributed by atoms with Gasteiger partial charge < -0.3 is 10.2 Å². The number of anilines is 1. The number of carbonyl (C=O) groups is 1. The van der Waals surface area contributed by atoms with Crippen molar-refractivity contribution in [2.45, 2.75) is 25.5 Å². The Morgan fingerprint density at radius 3 is 3.05 bits per heavy atom. The van der Waals surface area contributed by atoms with Gasteiger partial charge in [0.05, 0.1) is 17.4 Å². The van der Waals surface area contributed by atoms with Crippen LogP contribution in [0.25, 0.3) is 0 Å². The zero-order chi connectivity index (χ0) is 13.9. The van der Waals surface area contributed by atoms with E-state index in [4.69, 9.17) is 0 Å². The van der Waals surface area contributed by atoms with Gasteiger partial charge in [0.25, 0.3) is 5.91 Å². The van der Waals surface area contributed by atoms with Gasteiger partial charge in [-0.3, -0.25) is 9.78 Å². The van der Waals surface area contributed by atoms with Gasteiger partial charge >= 0.3 is 0 Å². The molecule has 1 aliphatic rings. The first kappa shape index (κ1) is 14.2. The van der Waals surface area contributed by atoms with Crippen molar-refractivity contribution < 1.29 is 4.79 Å². The molecular weight excluding hydrogens is 258 g/mol. The molecule has 1 aliphatic heterocycles. The quantitative estimate of drug-likeness (QED) is 0.923. The summed E-state index contributed by atoms with van der Waals surface area (Å²) in [4.78, 5) is 18.7. The van der Waals surface area contributed by atoms with E-state index in [1.54, 1.807) is 18.5 Å². The normalized spacial score (nSPS) is 18.2. The minimum absolute atomic E-state index is 0.103. The molecule has 0 bridgehead atoms. The number of aromatic nitrogens is 1. The van der Waals surface area contributed by atoms with E-state index in [-0.39, 0.29) is 10.7 Å². The minimum Gasteiger partial charge on any atom is -0.383 e. The first-order chi connectivity index (χ1) is 9.03. The number of rotatable bonds is 3. The molecule has 4 nitrogen and oxygen atoms in total. The standard InChI is InChI=1S/C14H21N3OS/c1-4-16-12-9-15-6-5-11(12)13(18)17-7-8-19-14(2,3)10-17/h5-6,9,16H,4,7-8,10H2,1-3H3. The van der Waals surface area contributed by atoms with E-state index in [9.17, 15) is 4.79 Å². The highest BCUT2D eigenvalue weighted by Gasteiger charge is 2.30. The SMILES string of the molecule is CCNc1cnccc1C(=O)N1CCSC(C)(C)C1. The second-order valence-electron chi connectivity index (χ2n) is 5.29. The van der Waals surface area contributed by atoms with Crippen molar-refractivity contribution in [2.24, 2.45) is 0 Å². The average molecular weight is 279 g/mol. The highest BCUT2D eigenvalue weighted by atomic mass is 32.2. The molecule has 1 amide bonds. The van der Waals surface area contributed by atoms with E-state index in [0.717, 1.165) is 36.6 Å². The van der Waals surface area contributed by atoms with Crippen LogP contribution in [0.1, 0.15) is 31.1 Å². The Morgan fingerprint density at radius 1 is 1.58 bits per heavy atom. The van der Waals surface area contributed by atoms with Crippen molar-refractivity contribution in [1.82, 2.24) is 9.88 Å². The zero-order valence-electron chi connectivity index (χ0n) is 11.8. The molecule has 0 aliphatic carbocycles. The van der Waals surface area contributed by atoms with Crippen LogP contribution in [0.3, 0.4) is 0 Å². The first-order valence-corrected chi connectivity index (χ1v) is 7.63. The van der Waals surface area contributed by atoms with Gasteiger partial charge in [-0.1, -0.05) is 0 Å². The summed E-state index contributed by atoms with van der Waals surface area (Å²) in [6.07, 6.45) is 3.40. The molecule has 0 atom stereocenters. The molecule has 0 spiro atoms. The molecule has 0 unspecified atom stereocenters. The van der Waals surface area contributed by atoms with Crippen LogP contribution in [-0.4, -0.2) is 45.9 Å². The Bertz CT molecular complexity index is 462. The number of amides is 1. The summed E-state index contributed by atoms with van der Waals surface area (Å²) in [6, 6.07) is 1.80.